The van der Waals surface area contributed by atoms with Crippen LogP contribution in [0.15, 0.2) is 35.4 Å². The van der Waals surface area contributed by atoms with Crippen molar-refractivity contribution in [3.05, 3.63) is 51.4 Å². The zero-order valence-corrected chi connectivity index (χ0v) is 14.3. The highest BCUT2D eigenvalue weighted by atomic mass is 32.1. The number of benzene rings is 1. The summed E-state index contributed by atoms with van der Waals surface area (Å²) in [6.07, 6.45) is 1.01. The molecule has 124 valence electrons. The van der Waals surface area contributed by atoms with E-state index in [2.05, 4.69) is 4.74 Å². The van der Waals surface area contributed by atoms with Crippen LogP contribution in [0.4, 0.5) is 0 Å². The van der Waals surface area contributed by atoms with Crippen molar-refractivity contribution in [1.29, 1.82) is 0 Å². The molecular formula is C18H16O5S. The number of esters is 1. The molecule has 1 aliphatic rings. The van der Waals surface area contributed by atoms with E-state index in [4.69, 9.17) is 9.47 Å². The number of hydrogen-bond donors (Lipinski definition) is 0. The summed E-state index contributed by atoms with van der Waals surface area (Å²) in [6, 6.07) is 6.87. The molecule has 0 fully saturated rings. The zero-order chi connectivity index (χ0) is 17.3. The van der Waals surface area contributed by atoms with Gasteiger partial charge in [0, 0.05) is 17.0 Å². The van der Waals surface area contributed by atoms with E-state index in [1.807, 2.05) is 18.4 Å². The van der Waals surface area contributed by atoms with E-state index in [-0.39, 0.29) is 11.5 Å². The van der Waals surface area contributed by atoms with E-state index in [9.17, 15) is 9.59 Å². The summed E-state index contributed by atoms with van der Waals surface area (Å²) in [7, 11) is 1.30. The van der Waals surface area contributed by atoms with Crippen molar-refractivity contribution in [2.75, 3.05) is 7.11 Å². The van der Waals surface area contributed by atoms with E-state index in [0.29, 0.717) is 17.1 Å². The molecule has 0 saturated heterocycles. The molecule has 6 heteroatoms. The van der Waals surface area contributed by atoms with Crippen LogP contribution in [0.3, 0.4) is 0 Å². The third-order valence-corrected chi connectivity index (χ3v) is 4.62. The highest BCUT2D eigenvalue weighted by Crippen LogP contribution is 2.35. The van der Waals surface area contributed by atoms with Gasteiger partial charge in [0.1, 0.15) is 11.5 Å². The number of aryl methyl sites for hydroxylation is 1. The molecule has 2 heterocycles. The molecule has 0 saturated carbocycles. The molecule has 0 radical (unpaired) electrons. The topological polar surface area (TPSA) is 61.8 Å². The predicted octanol–water partition coefficient (Wildman–Crippen LogP) is 3.61. The zero-order valence-electron chi connectivity index (χ0n) is 13.5. The standard InChI is InChI=1S/C18H16O5S/c1-10-6-7-24-16(10)9-15-17(19)13-5-4-12(8-14(13)23-15)22-11(2)18(20)21-3/h4-9,11H,1-3H3/b15-9-/t11-/m0/s1. The Balaban J connectivity index is 1.83. The number of ketones is 1. The molecule has 0 amide bonds. The highest BCUT2D eigenvalue weighted by molar-refractivity contribution is 7.11. The number of carbonyl (C=O) groups excluding carboxylic acids is 2. The van der Waals surface area contributed by atoms with Crippen LogP contribution in [0.2, 0.25) is 0 Å². The first-order valence-corrected chi connectivity index (χ1v) is 8.24. The lowest BCUT2D eigenvalue weighted by molar-refractivity contribution is -0.147. The first-order valence-electron chi connectivity index (χ1n) is 7.36. The van der Waals surface area contributed by atoms with E-state index in [0.717, 1.165) is 10.4 Å². The minimum absolute atomic E-state index is 0.162. The fraction of sp³-hybridized carbons (Fsp3) is 0.222. The largest absolute Gasteiger partial charge is 0.479 e. The maximum absolute atomic E-state index is 12.4. The quantitative estimate of drug-likeness (QED) is 0.626. The fourth-order valence-electron chi connectivity index (χ4n) is 2.31. The van der Waals surface area contributed by atoms with Crippen LogP contribution in [0.1, 0.15) is 27.7 Å². The molecule has 0 aliphatic carbocycles. The number of carbonyl (C=O) groups is 2. The van der Waals surface area contributed by atoms with Crippen LogP contribution >= 0.6 is 11.3 Å². The number of allylic oxidation sites excluding steroid dienone is 1. The van der Waals surface area contributed by atoms with Crippen LogP contribution in [0.25, 0.3) is 6.08 Å². The molecule has 0 N–H and O–H groups in total. The Morgan fingerprint density at radius 1 is 1.33 bits per heavy atom. The number of rotatable bonds is 4. The minimum Gasteiger partial charge on any atom is -0.479 e. The lowest BCUT2D eigenvalue weighted by atomic mass is 10.1. The monoisotopic (exact) mass is 344 g/mol. The van der Waals surface area contributed by atoms with Crippen molar-refractivity contribution in [2.24, 2.45) is 0 Å². The first kappa shape index (κ1) is 16.3. The molecule has 0 unspecified atom stereocenters. The summed E-state index contributed by atoms with van der Waals surface area (Å²) in [5, 5.41) is 1.97. The second kappa shape index (κ2) is 6.49. The maximum Gasteiger partial charge on any atom is 0.346 e. The van der Waals surface area contributed by atoms with Crippen molar-refractivity contribution in [2.45, 2.75) is 20.0 Å². The second-order valence-electron chi connectivity index (χ2n) is 5.35. The molecule has 1 atom stereocenters. The van der Waals surface area contributed by atoms with Gasteiger partial charge >= 0.3 is 5.97 Å². The third kappa shape index (κ3) is 3.05. The van der Waals surface area contributed by atoms with Crippen molar-refractivity contribution in [3.63, 3.8) is 0 Å². The van der Waals surface area contributed by atoms with Gasteiger partial charge in [-0.1, -0.05) is 0 Å². The van der Waals surface area contributed by atoms with Crippen molar-refractivity contribution in [1.82, 2.24) is 0 Å². The van der Waals surface area contributed by atoms with Gasteiger partial charge in [-0.3, -0.25) is 4.79 Å². The Morgan fingerprint density at radius 2 is 2.12 bits per heavy atom. The Kier molecular flexibility index (Phi) is 4.40. The minimum atomic E-state index is -0.742. The van der Waals surface area contributed by atoms with Gasteiger partial charge in [-0.15, -0.1) is 11.3 Å². The van der Waals surface area contributed by atoms with Crippen LogP contribution in [-0.4, -0.2) is 25.0 Å². The Bertz CT molecular complexity index is 834. The van der Waals surface area contributed by atoms with Gasteiger partial charge in [-0.2, -0.15) is 0 Å². The summed E-state index contributed by atoms with van der Waals surface area (Å²) in [5.74, 6) is 0.517. The predicted molar refractivity (Wildman–Crippen MR) is 90.5 cm³/mol. The summed E-state index contributed by atoms with van der Waals surface area (Å²) in [6.45, 7) is 3.57. The van der Waals surface area contributed by atoms with Gasteiger partial charge in [-0.05, 0) is 43.0 Å². The smallest absolute Gasteiger partial charge is 0.346 e. The van der Waals surface area contributed by atoms with E-state index in [1.165, 1.54) is 7.11 Å². The molecule has 1 aromatic carbocycles. The SMILES string of the molecule is COC(=O)[C@H](C)Oc1ccc2c(c1)O/C(=C\c1sccc1C)C2=O. The molecular weight excluding hydrogens is 328 g/mol. The van der Waals surface area contributed by atoms with Gasteiger partial charge in [0.15, 0.2) is 11.9 Å². The normalized spacial score (nSPS) is 15.8. The van der Waals surface area contributed by atoms with Crippen molar-refractivity contribution >= 4 is 29.2 Å². The van der Waals surface area contributed by atoms with Crippen molar-refractivity contribution < 1.29 is 23.8 Å². The van der Waals surface area contributed by atoms with E-state index < -0.39 is 12.1 Å². The summed E-state index contributed by atoms with van der Waals surface area (Å²) >= 11 is 1.55. The van der Waals surface area contributed by atoms with Gasteiger partial charge in [0.05, 0.1) is 12.7 Å². The average molecular weight is 344 g/mol. The molecule has 0 bridgehead atoms. The molecule has 5 nitrogen and oxygen atoms in total. The van der Waals surface area contributed by atoms with Gasteiger partial charge in [-0.25, -0.2) is 4.79 Å². The fourth-order valence-corrected chi connectivity index (χ4v) is 3.16. The lowest BCUT2D eigenvalue weighted by Crippen LogP contribution is -2.24. The van der Waals surface area contributed by atoms with Gasteiger partial charge < -0.3 is 14.2 Å². The van der Waals surface area contributed by atoms with Gasteiger partial charge in [0.25, 0.3) is 0 Å². The number of methoxy groups -OCH3 is 1. The second-order valence-corrected chi connectivity index (χ2v) is 6.30. The van der Waals surface area contributed by atoms with Gasteiger partial charge in [0.2, 0.25) is 5.78 Å². The van der Waals surface area contributed by atoms with E-state index >= 15 is 0 Å². The van der Waals surface area contributed by atoms with Crippen LogP contribution in [0.5, 0.6) is 11.5 Å². The number of thiophene rings is 1. The Labute approximate surface area is 143 Å². The van der Waals surface area contributed by atoms with Crippen LogP contribution < -0.4 is 9.47 Å². The summed E-state index contributed by atoms with van der Waals surface area (Å²) in [4.78, 5) is 24.8. The molecule has 24 heavy (non-hydrogen) atoms. The Morgan fingerprint density at radius 3 is 2.79 bits per heavy atom. The maximum atomic E-state index is 12.4. The Hall–Kier alpha value is -2.60. The first-order chi connectivity index (χ1) is 11.5. The van der Waals surface area contributed by atoms with Crippen LogP contribution in [0, 0.1) is 6.92 Å². The number of hydrogen-bond acceptors (Lipinski definition) is 6. The third-order valence-electron chi connectivity index (χ3n) is 3.65. The summed E-state index contributed by atoms with van der Waals surface area (Å²) in [5.41, 5.74) is 1.57. The molecule has 1 aliphatic heterocycles. The van der Waals surface area contributed by atoms with Crippen LogP contribution in [-0.2, 0) is 9.53 Å². The van der Waals surface area contributed by atoms with E-state index in [1.54, 1.807) is 42.5 Å². The number of ether oxygens (including phenoxy) is 3. The number of fused-ring (bicyclic) bond motifs is 1. The molecule has 1 aromatic heterocycles. The lowest BCUT2D eigenvalue weighted by Gasteiger charge is -2.12. The average Bonchev–Trinajstić information content (AvgIpc) is 3.11. The molecule has 2 aromatic rings. The highest BCUT2D eigenvalue weighted by Gasteiger charge is 2.28. The van der Waals surface area contributed by atoms with Crippen molar-refractivity contribution in [3.8, 4) is 11.5 Å². The molecule has 0 spiro atoms. The molecule has 3 rings (SSSR count). The number of Topliss-reactive ketones (excluding diaryl/α,β-unsaturated/α-hetero) is 1. The summed E-state index contributed by atoms with van der Waals surface area (Å²) < 4.78 is 15.8.